The standard InChI is InChI=1S/C9H11O4PS/c1-7(15)12-14(10)11-6-8-4-2-3-5-9(8)13-14/h2-5,7,15H,6H2,1H3. The number of benzene rings is 1. The highest BCUT2D eigenvalue weighted by Gasteiger charge is 2.34. The summed E-state index contributed by atoms with van der Waals surface area (Å²) < 4.78 is 27.2. The molecule has 82 valence electrons. The third kappa shape index (κ3) is 2.55. The van der Waals surface area contributed by atoms with Crippen LogP contribution in [0.5, 0.6) is 5.75 Å². The Morgan fingerprint density at radius 1 is 1.53 bits per heavy atom. The maximum absolute atomic E-state index is 11.9. The van der Waals surface area contributed by atoms with Crippen molar-refractivity contribution in [2.45, 2.75) is 19.0 Å². The molecule has 0 spiro atoms. The molecule has 1 heterocycles. The van der Waals surface area contributed by atoms with Crippen molar-refractivity contribution in [2.24, 2.45) is 0 Å². The molecule has 1 aromatic carbocycles. The van der Waals surface area contributed by atoms with Crippen LogP contribution in [0.1, 0.15) is 12.5 Å². The molecule has 0 N–H and O–H groups in total. The molecule has 0 saturated heterocycles. The fraction of sp³-hybridized carbons (Fsp3) is 0.333. The Bertz CT molecular complexity index is 407. The van der Waals surface area contributed by atoms with E-state index >= 15 is 0 Å². The zero-order valence-electron chi connectivity index (χ0n) is 8.12. The van der Waals surface area contributed by atoms with E-state index in [1.165, 1.54) is 0 Å². The number of hydrogen-bond acceptors (Lipinski definition) is 5. The summed E-state index contributed by atoms with van der Waals surface area (Å²) in [5, 5.41) is 0. The second-order valence-corrected chi connectivity index (χ2v) is 5.40. The number of para-hydroxylation sites is 1. The molecule has 0 bridgehead atoms. The molecule has 2 unspecified atom stereocenters. The summed E-state index contributed by atoms with van der Waals surface area (Å²) in [5.41, 5.74) is 0.362. The van der Waals surface area contributed by atoms with Crippen molar-refractivity contribution in [3.05, 3.63) is 29.8 Å². The minimum Gasteiger partial charge on any atom is -0.404 e. The number of rotatable bonds is 2. The summed E-state index contributed by atoms with van der Waals surface area (Å²) in [4.78, 5) is 0. The molecular formula is C9H11O4PS. The first-order chi connectivity index (χ1) is 7.09. The lowest BCUT2D eigenvalue weighted by Crippen LogP contribution is -2.11. The third-order valence-corrected chi connectivity index (χ3v) is 3.55. The van der Waals surface area contributed by atoms with Crippen molar-refractivity contribution in [3.8, 4) is 5.75 Å². The van der Waals surface area contributed by atoms with Gasteiger partial charge in [-0.15, -0.1) is 12.6 Å². The van der Waals surface area contributed by atoms with E-state index in [-0.39, 0.29) is 6.61 Å². The van der Waals surface area contributed by atoms with Gasteiger partial charge in [-0.25, -0.2) is 4.57 Å². The number of phosphoric ester groups is 1. The summed E-state index contributed by atoms with van der Waals surface area (Å²) >= 11 is 3.98. The average molecular weight is 246 g/mol. The molecule has 0 fully saturated rings. The van der Waals surface area contributed by atoms with Crippen molar-refractivity contribution in [1.82, 2.24) is 0 Å². The molecule has 1 aliphatic heterocycles. The molecule has 6 heteroatoms. The van der Waals surface area contributed by atoms with Crippen molar-refractivity contribution in [3.63, 3.8) is 0 Å². The lowest BCUT2D eigenvalue weighted by atomic mass is 10.2. The van der Waals surface area contributed by atoms with Crippen molar-refractivity contribution < 1.29 is 18.1 Å². The van der Waals surface area contributed by atoms with Gasteiger partial charge in [0.15, 0.2) is 0 Å². The predicted molar refractivity (Wildman–Crippen MR) is 59.0 cm³/mol. The van der Waals surface area contributed by atoms with Gasteiger partial charge >= 0.3 is 7.82 Å². The monoisotopic (exact) mass is 246 g/mol. The second kappa shape index (κ2) is 4.18. The molecule has 0 aromatic heterocycles. The number of fused-ring (bicyclic) bond motifs is 1. The fourth-order valence-electron chi connectivity index (χ4n) is 1.25. The van der Waals surface area contributed by atoms with Gasteiger partial charge in [-0.05, 0) is 13.0 Å². The van der Waals surface area contributed by atoms with Gasteiger partial charge in [-0.3, -0.25) is 9.05 Å². The molecule has 0 radical (unpaired) electrons. The van der Waals surface area contributed by atoms with E-state index in [9.17, 15) is 4.57 Å². The fourth-order valence-corrected chi connectivity index (χ4v) is 2.84. The first-order valence-corrected chi connectivity index (χ1v) is 6.45. The predicted octanol–water partition coefficient (Wildman–Crippen LogP) is 3.00. The van der Waals surface area contributed by atoms with Crippen molar-refractivity contribution in [1.29, 1.82) is 0 Å². The van der Waals surface area contributed by atoms with Crippen LogP contribution in [-0.4, -0.2) is 5.44 Å². The Hall–Kier alpha value is -0.480. The van der Waals surface area contributed by atoms with E-state index in [2.05, 4.69) is 12.6 Å². The molecule has 0 amide bonds. The van der Waals surface area contributed by atoms with Crippen LogP contribution in [0.3, 0.4) is 0 Å². The van der Waals surface area contributed by atoms with Gasteiger partial charge in [-0.1, -0.05) is 18.2 Å². The average Bonchev–Trinajstić information content (AvgIpc) is 2.15. The van der Waals surface area contributed by atoms with Gasteiger partial charge in [0.2, 0.25) is 0 Å². The Morgan fingerprint density at radius 2 is 2.27 bits per heavy atom. The minimum atomic E-state index is -3.48. The molecule has 1 aromatic rings. The van der Waals surface area contributed by atoms with Crippen LogP contribution in [0.25, 0.3) is 0 Å². The highest BCUT2D eigenvalue weighted by atomic mass is 32.1. The van der Waals surface area contributed by atoms with Crippen molar-refractivity contribution >= 4 is 20.5 Å². The van der Waals surface area contributed by atoms with Crippen LogP contribution in [0.2, 0.25) is 0 Å². The van der Waals surface area contributed by atoms with Crippen LogP contribution in [0.15, 0.2) is 24.3 Å². The summed E-state index contributed by atoms with van der Waals surface area (Å²) in [6.07, 6.45) is 0. The van der Waals surface area contributed by atoms with Crippen LogP contribution in [0, 0.1) is 0 Å². The van der Waals surface area contributed by atoms with E-state index in [1.54, 1.807) is 19.1 Å². The molecule has 2 rings (SSSR count). The number of phosphoric acid groups is 1. The van der Waals surface area contributed by atoms with Gasteiger partial charge in [0, 0.05) is 5.56 Å². The number of thiol groups is 1. The molecule has 4 nitrogen and oxygen atoms in total. The van der Waals surface area contributed by atoms with E-state index in [0.717, 1.165) is 5.56 Å². The zero-order valence-corrected chi connectivity index (χ0v) is 9.91. The van der Waals surface area contributed by atoms with Gasteiger partial charge in [0.25, 0.3) is 0 Å². The van der Waals surface area contributed by atoms with Gasteiger partial charge in [-0.2, -0.15) is 0 Å². The van der Waals surface area contributed by atoms with Gasteiger partial charge in [0.1, 0.15) is 11.2 Å². The highest BCUT2D eigenvalue weighted by molar-refractivity contribution is 7.81. The third-order valence-electron chi connectivity index (χ3n) is 1.84. The largest absolute Gasteiger partial charge is 0.531 e. The van der Waals surface area contributed by atoms with Crippen LogP contribution in [-0.2, 0) is 20.2 Å². The van der Waals surface area contributed by atoms with Gasteiger partial charge < -0.3 is 4.52 Å². The highest BCUT2D eigenvalue weighted by Crippen LogP contribution is 2.55. The van der Waals surface area contributed by atoms with Crippen molar-refractivity contribution in [2.75, 3.05) is 0 Å². The summed E-state index contributed by atoms with van der Waals surface area (Å²) in [6, 6.07) is 7.25. The Balaban J connectivity index is 2.21. The second-order valence-electron chi connectivity index (χ2n) is 3.12. The van der Waals surface area contributed by atoms with Crippen LogP contribution >= 0.6 is 20.5 Å². The van der Waals surface area contributed by atoms with E-state index in [1.807, 2.05) is 12.1 Å². The minimum absolute atomic E-state index is 0.230. The van der Waals surface area contributed by atoms with E-state index in [4.69, 9.17) is 13.6 Å². The summed E-state index contributed by atoms with van der Waals surface area (Å²) in [5.74, 6) is 0.543. The summed E-state index contributed by atoms with van der Waals surface area (Å²) in [6.45, 7) is 1.88. The topological polar surface area (TPSA) is 44.8 Å². The summed E-state index contributed by atoms with van der Waals surface area (Å²) in [7, 11) is -3.48. The molecule has 1 aliphatic rings. The number of hydrogen-bond donors (Lipinski definition) is 1. The molecule has 2 atom stereocenters. The van der Waals surface area contributed by atoms with Crippen LogP contribution in [0.4, 0.5) is 0 Å². The smallest absolute Gasteiger partial charge is 0.404 e. The SMILES string of the molecule is CC(S)OP1(=O)OCc2ccccc2O1. The first-order valence-electron chi connectivity index (χ1n) is 4.48. The quantitative estimate of drug-likeness (QED) is 0.495. The molecule has 15 heavy (non-hydrogen) atoms. The Kier molecular flexibility index (Phi) is 3.07. The van der Waals surface area contributed by atoms with Gasteiger partial charge in [0.05, 0.1) is 6.61 Å². The van der Waals surface area contributed by atoms with E-state index < -0.39 is 13.3 Å². The molecule has 0 aliphatic carbocycles. The normalized spacial score (nSPS) is 26.5. The first kappa shape index (κ1) is 11.0. The van der Waals surface area contributed by atoms with Crippen LogP contribution < -0.4 is 4.52 Å². The Labute approximate surface area is 93.6 Å². The lowest BCUT2D eigenvalue weighted by Gasteiger charge is -2.25. The van der Waals surface area contributed by atoms with E-state index in [0.29, 0.717) is 5.75 Å². The molecular weight excluding hydrogens is 235 g/mol. The Morgan fingerprint density at radius 3 is 3.00 bits per heavy atom. The maximum Gasteiger partial charge on any atom is 0.531 e. The maximum atomic E-state index is 11.9. The molecule has 0 saturated carbocycles. The zero-order chi connectivity index (χ0) is 10.9. The lowest BCUT2D eigenvalue weighted by molar-refractivity contribution is 0.131.